The fourth-order valence-electron chi connectivity index (χ4n) is 3.29. The molecule has 0 aliphatic carbocycles. The molecule has 1 aliphatic rings. The monoisotopic (exact) mass is 410 g/mol. The molecule has 0 spiro atoms. The fourth-order valence-corrected chi connectivity index (χ4v) is 4.05. The Hall–Kier alpha value is -2.78. The van der Waals surface area contributed by atoms with E-state index in [1.165, 1.54) is 6.33 Å². The highest BCUT2D eigenvalue weighted by atomic mass is 28.3. The molecule has 1 N–H and O–H groups in total. The quantitative estimate of drug-likeness (QED) is 0.474. The number of nitrogens with zero attached hydrogens (tertiary/aromatic N) is 5. The smallest absolute Gasteiger partial charge is 0.254 e. The van der Waals surface area contributed by atoms with Gasteiger partial charge in [-0.05, 0) is 29.8 Å². The highest BCUT2D eigenvalue weighted by molar-refractivity contribution is 6.76. The van der Waals surface area contributed by atoms with E-state index in [0.717, 1.165) is 35.1 Å². The molecule has 0 atom stereocenters. The Kier molecular flexibility index (Phi) is 5.09. The molecular formula is C20H26N6O2Si. The molecule has 1 aliphatic heterocycles. The second-order valence-electron chi connectivity index (χ2n) is 8.61. The van der Waals surface area contributed by atoms with Crippen LogP contribution in [-0.4, -0.2) is 52.1 Å². The summed E-state index contributed by atoms with van der Waals surface area (Å²) in [5.41, 5.74) is 4.05. The maximum absolute atomic E-state index is 12.1. The molecule has 3 heterocycles. The summed E-state index contributed by atoms with van der Waals surface area (Å²) < 4.78 is 7.72. The van der Waals surface area contributed by atoms with E-state index in [1.54, 1.807) is 11.2 Å². The molecule has 0 unspecified atom stereocenters. The van der Waals surface area contributed by atoms with Gasteiger partial charge >= 0.3 is 0 Å². The van der Waals surface area contributed by atoms with Gasteiger partial charge in [-0.2, -0.15) is 0 Å². The van der Waals surface area contributed by atoms with E-state index in [2.05, 4.69) is 39.9 Å². The van der Waals surface area contributed by atoms with Crippen LogP contribution in [0.25, 0.3) is 11.2 Å². The van der Waals surface area contributed by atoms with Crippen molar-refractivity contribution >= 4 is 36.7 Å². The maximum atomic E-state index is 12.1. The summed E-state index contributed by atoms with van der Waals surface area (Å²) in [7, 11) is 0.696. The number of aromatic nitrogens is 4. The topological polar surface area (TPSA) is 85.2 Å². The van der Waals surface area contributed by atoms with Crippen molar-refractivity contribution in [2.75, 3.05) is 19.0 Å². The number of fused-ring (bicyclic) bond motifs is 2. The van der Waals surface area contributed by atoms with Crippen LogP contribution in [0, 0.1) is 0 Å². The molecule has 0 saturated carbocycles. The van der Waals surface area contributed by atoms with E-state index in [0.29, 0.717) is 24.6 Å². The lowest BCUT2D eigenvalue weighted by Crippen LogP contribution is -2.22. The van der Waals surface area contributed by atoms with Gasteiger partial charge in [0.2, 0.25) is 0 Å². The number of anilines is 2. The van der Waals surface area contributed by atoms with Crippen LogP contribution in [0.1, 0.15) is 15.9 Å². The van der Waals surface area contributed by atoms with Crippen molar-refractivity contribution in [3.63, 3.8) is 0 Å². The molecule has 0 radical (unpaired) electrons. The number of rotatable bonds is 7. The number of carbonyl (C=O) groups excluding carboxylic acids is 1. The van der Waals surface area contributed by atoms with Crippen LogP contribution in [0.2, 0.25) is 25.7 Å². The minimum Gasteiger partial charge on any atom is -0.361 e. The van der Waals surface area contributed by atoms with Crippen LogP contribution in [0.3, 0.4) is 0 Å². The van der Waals surface area contributed by atoms with Crippen molar-refractivity contribution in [3.05, 3.63) is 42.0 Å². The van der Waals surface area contributed by atoms with Crippen molar-refractivity contribution in [1.29, 1.82) is 0 Å². The molecule has 0 fully saturated rings. The molecule has 4 rings (SSSR count). The van der Waals surface area contributed by atoms with E-state index < -0.39 is 8.07 Å². The normalized spacial score (nSPS) is 13.9. The highest BCUT2D eigenvalue weighted by Crippen LogP contribution is 2.27. The molecule has 3 aromatic rings. The van der Waals surface area contributed by atoms with E-state index in [9.17, 15) is 4.79 Å². The van der Waals surface area contributed by atoms with Crippen molar-refractivity contribution in [2.24, 2.45) is 0 Å². The summed E-state index contributed by atoms with van der Waals surface area (Å²) in [5.74, 6) is 0.692. The standard InChI is InChI=1S/C20H26N6O2Si/c1-25-10-14-9-15(5-6-16(14)20(25)27)24-18-17-19(22-11-21-18)26(12-23-17)13-28-7-8-29(2,3)4/h5-6,9,11-12H,7-8,10,13H2,1-4H3,(H,21,22,24). The third kappa shape index (κ3) is 4.15. The number of nitrogens with one attached hydrogen (secondary N) is 1. The van der Waals surface area contributed by atoms with Gasteiger partial charge in [-0.15, -0.1) is 0 Å². The average molecular weight is 411 g/mol. The van der Waals surface area contributed by atoms with Gasteiger partial charge in [-0.3, -0.25) is 9.36 Å². The number of benzene rings is 1. The first-order chi connectivity index (χ1) is 13.8. The molecule has 9 heteroatoms. The van der Waals surface area contributed by atoms with Crippen LogP contribution in [0.5, 0.6) is 0 Å². The Balaban J connectivity index is 1.50. The second-order valence-corrected chi connectivity index (χ2v) is 14.2. The molecule has 0 bridgehead atoms. The summed E-state index contributed by atoms with van der Waals surface area (Å²) in [6, 6.07) is 6.85. The van der Waals surface area contributed by atoms with Crippen molar-refractivity contribution in [3.8, 4) is 0 Å². The van der Waals surface area contributed by atoms with E-state index in [-0.39, 0.29) is 5.91 Å². The molecule has 2 aromatic heterocycles. The largest absolute Gasteiger partial charge is 0.361 e. The Morgan fingerprint density at radius 3 is 2.83 bits per heavy atom. The molecule has 29 heavy (non-hydrogen) atoms. The zero-order valence-electron chi connectivity index (χ0n) is 17.3. The number of hydrogen-bond acceptors (Lipinski definition) is 6. The summed E-state index contributed by atoms with van der Waals surface area (Å²) in [4.78, 5) is 27.0. The van der Waals surface area contributed by atoms with Gasteiger partial charge in [-0.1, -0.05) is 19.6 Å². The zero-order chi connectivity index (χ0) is 20.6. The van der Waals surface area contributed by atoms with Crippen LogP contribution in [-0.2, 0) is 18.0 Å². The predicted molar refractivity (Wildman–Crippen MR) is 115 cm³/mol. The minimum absolute atomic E-state index is 0.0591. The first-order valence-electron chi connectivity index (χ1n) is 9.71. The Bertz CT molecular complexity index is 1060. The summed E-state index contributed by atoms with van der Waals surface area (Å²) in [5, 5.41) is 3.31. The lowest BCUT2D eigenvalue weighted by Gasteiger charge is -2.15. The SMILES string of the molecule is CN1Cc2cc(Nc3ncnc4c3ncn4COCC[Si](C)(C)C)ccc2C1=O. The summed E-state index contributed by atoms with van der Waals surface area (Å²) in [6.45, 7) is 8.79. The van der Waals surface area contributed by atoms with Crippen molar-refractivity contribution in [1.82, 2.24) is 24.4 Å². The minimum atomic E-state index is -1.11. The van der Waals surface area contributed by atoms with E-state index >= 15 is 0 Å². The van der Waals surface area contributed by atoms with Crippen LogP contribution in [0.4, 0.5) is 11.5 Å². The van der Waals surface area contributed by atoms with Crippen LogP contribution in [0.15, 0.2) is 30.9 Å². The highest BCUT2D eigenvalue weighted by Gasteiger charge is 2.24. The molecule has 8 nitrogen and oxygen atoms in total. The summed E-state index contributed by atoms with van der Waals surface area (Å²) in [6.07, 6.45) is 3.25. The Morgan fingerprint density at radius 2 is 2.03 bits per heavy atom. The van der Waals surface area contributed by atoms with Crippen molar-refractivity contribution < 1.29 is 9.53 Å². The van der Waals surface area contributed by atoms with Gasteiger partial charge in [-0.25, -0.2) is 15.0 Å². The van der Waals surface area contributed by atoms with Gasteiger partial charge in [0.05, 0.1) is 6.33 Å². The number of ether oxygens (including phenoxy) is 1. The molecule has 152 valence electrons. The Labute approximate surface area is 170 Å². The number of carbonyl (C=O) groups is 1. The molecule has 1 aromatic carbocycles. The van der Waals surface area contributed by atoms with E-state index in [1.807, 2.05) is 29.8 Å². The summed E-state index contributed by atoms with van der Waals surface area (Å²) >= 11 is 0. The average Bonchev–Trinajstić information content (AvgIpc) is 3.20. The van der Waals surface area contributed by atoms with Crippen molar-refractivity contribution in [2.45, 2.75) is 39.0 Å². The maximum Gasteiger partial charge on any atom is 0.254 e. The van der Waals surface area contributed by atoms with E-state index in [4.69, 9.17) is 4.74 Å². The zero-order valence-corrected chi connectivity index (χ0v) is 18.3. The van der Waals surface area contributed by atoms with Gasteiger partial charge in [0.1, 0.15) is 13.1 Å². The third-order valence-electron chi connectivity index (χ3n) is 4.98. The molecule has 0 saturated heterocycles. The van der Waals surface area contributed by atoms with Gasteiger partial charge in [0.25, 0.3) is 5.91 Å². The predicted octanol–water partition coefficient (Wildman–Crippen LogP) is 3.47. The van der Waals surface area contributed by atoms with Crippen LogP contribution < -0.4 is 5.32 Å². The molecule has 1 amide bonds. The first-order valence-corrected chi connectivity index (χ1v) is 13.4. The first kappa shape index (κ1) is 19.5. The lowest BCUT2D eigenvalue weighted by atomic mass is 10.1. The lowest BCUT2D eigenvalue weighted by molar-refractivity contribution is 0.0816. The van der Waals surface area contributed by atoms with Gasteiger partial charge in [0, 0.05) is 39.5 Å². The second kappa shape index (κ2) is 7.56. The van der Waals surface area contributed by atoms with Gasteiger partial charge in [0.15, 0.2) is 17.0 Å². The number of imidazole rings is 1. The Morgan fingerprint density at radius 1 is 1.21 bits per heavy atom. The van der Waals surface area contributed by atoms with Crippen LogP contribution >= 0.6 is 0 Å². The number of hydrogen-bond donors (Lipinski definition) is 1. The fraction of sp³-hybridized carbons (Fsp3) is 0.400. The van der Waals surface area contributed by atoms with Gasteiger partial charge < -0.3 is 15.0 Å². The third-order valence-corrected chi connectivity index (χ3v) is 6.68. The number of amides is 1. The molecular weight excluding hydrogens is 384 g/mol.